The molecule has 3 aromatic rings. The Balaban J connectivity index is 1.51. The minimum atomic E-state index is -0.143. The molecule has 5 nitrogen and oxygen atoms in total. The van der Waals surface area contributed by atoms with Crippen molar-refractivity contribution in [2.45, 2.75) is 19.3 Å². The SMILES string of the molecule is O=C(Nc1ccc(O)cc1)c1cc2sc(N3CCCCC3)nc2s1. The van der Waals surface area contributed by atoms with Gasteiger partial charge in [0.1, 0.15) is 10.6 Å². The number of amides is 1. The number of aromatic hydroxyl groups is 1. The van der Waals surface area contributed by atoms with Crippen LogP contribution in [0.2, 0.25) is 0 Å². The van der Waals surface area contributed by atoms with Crippen molar-refractivity contribution in [1.82, 2.24) is 4.98 Å². The third-order valence-corrected chi connectivity index (χ3v) is 6.27. The molecular formula is C17H17N3O2S2. The maximum atomic E-state index is 12.4. The summed E-state index contributed by atoms with van der Waals surface area (Å²) in [7, 11) is 0. The van der Waals surface area contributed by atoms with E-state index in [9.17, 15) is 9.90 Å². The third-order valence-electron chi connectivity index (χ3n) is 4.05. The molecule has 1 aromatic carbocycles. The van der Waals surface area contributed by atoms with Gasteiger partial charge in [-0.05, 0) is 49.6 Å². The Bertz CT molecular complexity index is 832. The number of carbonyl (C=O) groups excluding carboxylic acids is 1. The summed E-state index contributed by atoms with van der Waals surface area (Å²) in [6, 6.07) is 8.37. The molecule has 1 fully saturated rings. The Labute approximate surface area is 147 Å². The van der Waals surface area contributed by atoms with Crippen LogP contribution in [0, 0.1) is 0 Å². The zero-order chi connectivity index (χ0) is 16.5. The predicted octanol–water partition coefficient (Wildman–Crippen LogP) is 4.31. The number of hydrogen-bond donors (Lipinski definition) is 2. The van der Waals surface area contributed by atoms with Crippen molar-refractivity contribution >= 4 is 48.9 Å². The van der Waals surface area contributed by atoms with Crippen LogP contribution in [0.4, 0.5) is 10.8 Å². The zero-order valence-corrected chi connectivity index (χ0v) is 14.6. The van der Waals surface area contributed by atoms with Crippen LogP contribution in [-0.4, -0.2) is 29.1 Å². The lowest BCUT2D eigenvalue weighted by atomic mass is 10.1. The maximum absolute atomic E-state index is 12.4. The van der Waals surface area contributed by atoms with Crippen LogP contribution in [0.3, 0.4) is 0 Å². The molecule has 0 spiro atoms. The standard InChI is InChI=1S/C17H17N3O2S2/c21-12-6-4-11(5-7-12)18-15(22)13-10-14-16(23-13)19-17(24-14)20-8-2-1-3-9-20/h4-7,10,21H,1-3,8-9H2,(H,18,22). The van der Waals surface area contributed by atoms with Gasteiger partial charge in [0.15, 0.2) is 5.13 Å². The number of piperidine rings is 1. The van der Waals surface area contributed by atoms with E-state index in [0.717, 1.165) is 27.8 Å². The molecule has 7 heteroatoms. The Hall–Kier alpha value is -2.12. The highest BCUT2D eigenvalue weighted by molar-refractivity contribution is 7.29. The van der Waals surface area contributed by atoms with Crippen molar-refractivity contribution in [2.24, 2.45) is 0 Å². The van der Waals surface area contributed by atoms with Crippen LogP contribution in [0.1, 0.15) is 28.9 Å². The second-order valence-electron chi connectivity index (χ2n) is 5.83. The number of fused-ring (bicyclic) bond motifs is 1. The summed E-state index contributed by atoms with van der Waals surface area (Å²) < 4.78 is 1.07. The van der Waals surface area contributed by atoms with Gasteiger partial charge in [0.25, 0.3) is 5.91 Å². The van der Waals surface area contributed by atoms with E-state index in [2.05, 4.69) is 10.2 Å². The molecule has 1 aliphatic rings. The summed E-state index contributed by atoms with van der Waals surface area (Å²) in [5.41, 5.74) is 0.663. The topological polar surface area (TPSA) is 65.5 Å². The van der Waals surface area contributed by atoms with E-state index in [4.69, 9.17) is 4.98 Å². The largest absolute Gasteiger partial charge is 0.508 e. The highest BCUT2D eigenvalue weighted by atomic mass is 32.1. The zero-order valence-electron chi connectivity index (χ0n) is 13.0. The Morgan fingerprint density at radius 1 is 1.12 bits per heavy atom. The number of anilines is 2. The first-order chi connectivity index (χ1) is 11.7. The van der Waals surface area contributed by atoms with Gasteiger partial charge in [0, 0.05) is 18.8 Å². The first-order valence-corrected chi connectivity index (χ1v) is 9.58. The quantitative estimate of drug-likeness (QED) is 0.684. The van der Waals surface area contributed by atoms with Crippen molar-refractivity contribution in [3.8, 4) is 5.75 Å². The van der Waals surface area contributed by atoms with E-state index in [1.807, 2.05) is 6.07 Å². The van der Waals surface area contributed by atoms with Crippen molar-refractivity contribution in [3.63, 3.8) is 0 Å². The van der Waals surface area contributed by atoms with Crippen LogP contribution in [0.5, 0.6) is 5.75 Å². The van der Waals surface area contributed by atoms with Crippen molar-refractivity contribution < 1.29 is 9.90 Å². The molecule has 2 aromatic heterocycles. The Morgan fingerprint density at radius 3 is 2.58 bits per heavy atom. The number of nitrogens with one attached hydrogen (secondary N) is 1. The maximum Gasteiger partial charge on any atom is 0.265 e. The fourth-order valence-electron chi connectivity index (χ4n) is 2.79. The molecule has 0 saturated carbocycles. The fourth-order valence-corrected chi connectivity index (χ4v) is 4.95. The first kappa shape index (κ1) is 15.4. The number of benzene rings is 1. The number of nitrogens with zero attached hydrogens (tertiary/aromatic N) is 2. The number of carbonyl (C=O) groups is 1. The lowest BCUT2D eigenvalue weighted by Gasteiger charge is -2.25. The normalized spacial score (nSPS) is 14.9. The van der Waals surface area contributed by atoms with Gasteiger partial charge in [-0.15, -0.1) is 11.3 Å². The molecule has 0 bridgehead atoms. The minimum absolute atomic E-state index is 0.143. The molecule has 24 heavy (non-hydrogen) atoms. The van der Waals surface area contributed by atoms with Crippen LogP contribution in [0.25, 0.3) is 9.53 Å². The van der Waals surface area contributed by atoms with Gasteiger partial charge in [-0.25, -0.2) is 4.98 Å². The van der Waals surface area contributed by atoms with Gasteiger partial charge in [-0.1, -0.05) is 11.3 Å². The summed E-state index contributed by atoms with van der Waals surface area (Å²) in [5.74, 6) is 0.0366. The molecule has 0 radical (unpaired) electrons. The number of aromatic nitrogens is 1. The van der Waals surface area contributed by atoms with Gasteiger partial charge in [-0.3, -0.25) is 4.79 Å². The van der Waals surface area contributed by atoms with Crippen molar-refractivity contribution in [3.05, 3.63) is 35.2 Å². The molecule has 1 saturated heterocycles. The van der Waals surface area contributed by atoms with Crippen LogP contribution in [-0.2, 0) is 0 Å². The van der Waals surface area contributed by atoms with Gasteiger partial charge in [-0.2, -0.15) is 0 Å². The molecule has 0 atom stereocenters. The lowest BCUT2D eigenvalue weighted by molar-refractivity contribution is 0.103. The molecule has 0 unspecified atom stereocenters. The number of phenols is 1. The van der Waals surface area contributed by atoms with Crippen molar-refractivity contribution in [1.29, 1.82) is 0 Å². The van der Waals surface area contributed by atoms with E-state index in [0.29, 0.717) is 10.6 Å². The summed E-state index contributed by atoms with van der Waals surface area (Å²) >= 11 is 3.09. The summed E-state index contributed by atoms with van der Waals surface area (Å²) in [6.07, 6.45) is 3.76. The van der Waals surface area contributed by atoms with Crippen LogP contribution in [0.15, 0.2) is 30.3 Å². The second kappa shape index (κ2) is 6.41. The van der Waals surface area contributed by atoms with Gasteiger partial charge >= 0.3 is 0 Å². The summed E-state index contributed by atoms with van der Waals surface area (Å²) in [4.78, 5) is 21.0. The minimum Gasteiger partial charge on any atom is -0.508 e. The van der Waals surface area contributed by atoms with E-state index < -0.39 is 0 Å². The highest BCUT2D eigenvalue weighted by Crippen LogP contribution is 2.35. The lowest BCUT2D eigenvalue weighted by Crippen LogP contribution is -2.29. The van der Waals surface area contributed by atoms with Crippen LogP contribution < -0.4 is 10.2 Å². The van der Waals surface area contributed by atoms with E-state index in [1.54, 1.807) is 35.6 Å². The number of phenolic OH excluding ortho intramolecular Hbond substituents is 1. The molecule has 1 amide bonds. The average Bonchev–Trinajstić information content (AvgIpc) is 3.17. The summed E-state index contributed by atoms with van der Waals surface area (Å²) in [5, 5.41) is 13.2. The number of hydrogen-bond acceptors (Lipinski definition) is 6. The molecule has 4 rings (SSSR count). The third kappa shape index (κ3) is 3.09. The highest BCUT2D eigenvalue weighted by Gasteiger charge is 2.18. The molecule has 0 aliphatic carbocycles. The van der Waals surface area contributed by atoms with Gasteiger partial charge in [0.05, 0.1) is 9.58 Å². The average molecular weight is 359 g/mol. The fraction of sp³-hybridized carbons (Fsp3) is 0.294. The molecule has 1 aliphatic heterocycles. The van der Waals surface area contributed by atoms with Gasteiger partial charge < -0.3 is 15.3 Å². The molecular weight excluding hydrogens is 342 g/mol. The molecule has 124 valence electrons. The van der Waals surface area contributed by atoms with Crippen LogP contribution >= 0.6 is 22.7 Å². The monoisotopic (exact) mass is 359 g/mol. The second-order valence-corrected chi connectivity index (χ2v) is 7.86. The van der Waals surface area contributed by atoms with Gasteiger partial charge in [0.2, 0.25) is 0 Å². The predicted molar refractivity (Wildman–Crippen MR) is 99.6 cm³/mol. The number of thiazole rings is 1. The van der Waals surface area contributed by atoms with E-state index >= 15 is 0 Å². The number of thiophene rings is 1. The number of rotatable bonds is 3. The first-order valence-electron chi connectivity index (χ1n) is 7.95. The Morgan fingerprint density at radius 2 is 1.88 bits per heavy atom. The van der Waals surface area contributed by atoms with E-state index in [-0.39, 0.29) is 11.7 Å². The summed E-state index contributed by atoms with van der Waals surface area (Å²) in [6.45, 7) is 2.16. The Kier molecular flexibility index (Phi) is 4.12. The smallest absolute Gasteiger partial charge is 0.265 e. The molecule has 2 N–H and O–H groups in total. The van der Waals surface area contributed by atoms with E-state index in [1.165, 1.54) is 30.6 Å². The van der Waals surface area contributed by atoms with Crippen molar-refractivity contribution in [2.75, 3.05) is 23.3 Å². The molecule has 3 heterocycles.